The lowest BCUT2D eigenvalue weighted by atomic mass is 10.1. The molecule has 27 heavy (non-hydrogen) atoms. The van der Waals surface area contributed by atoms with Crippen LogP contribution in [-0.2, 0) is 12.8 Å². The molecule has 3 aromatic rings. The molecule has 1 aliphatic carbocycles. The molecule has 4 rings (SSSR count). The number of carbonyl (C=O) groups is 1. The van der Waals surface area contributed by atoms with E-state index >= 15 is 0 Å². The Bertz CT molecular complexity index is 1090. The number of aryl methyl sites for hydroxylation is 3. The van der Waals surface area contributed by atoms with Crippen molar-refractivity contribution in [3.05, 3.63) is 86.3 Å². The Labute approximate surface area is 161 Å². The molecule has 1 aromatic heterocycles. The Balaban J connectivity index is 1.66. The van der Waals surface area contributed by atoms with E-state index in [-0.39, 0.29) is 5.69 Å². The summed E-state index contributed by atoms with van der Waals surface area (Å²) in [5.74, 6) is -0.513. The Hall–Kier alpha value is -2.92. The van der Waals surface area contributed by atoms with Gasteiger partial charge in [0, 0.05) is 22.5 Å². The number of fused-ring (bicyclic) bond motifs is 1. The van der Waals surface area contributed by atoms with E-state index in [9.17, 15) is 9.59 Å². The van der Waals surface area contributed by atoms with Gasteiger partial charge in [0.2, 0.25) is 5.43 Å². The molecule has 6 heteroatoms. The molecular weight excluding hydrogens is 362 g/mol. The van der Waals surface area contributed by atoms with Gasteiger partial charge in [0.25, 0.3) is 5.91 Å². The molecule has 1 N–H and O–H groups in total. The summed E-state index contributed by atoms with van der Waals surface area (Å²) >= 11 is 5.93. The molecule has 0 spiro atoms. The van der Waals surface area contributed by atoms with Crippen molar-refractivity contribution < 1.29 is 4.79 Å². The van der Waals surface area contributed by atoms with Crippen LogP contribution in [0.3, 0.4) is 0 Å². The van der Waals surface area contributed by atoms with Crippen LogP contribution in [0.1, 0.15) is 33.7 Å². The molecular formula is C21H18ClN3O2. The van der Waals surface area contributed by atoms with Crippen LogP contribution in [0, 0.1) is 6.92 Å². The third kappa shape index (κ3) is 3.51. The molecule has 5 nitrogen and oxygen atoms in total. The van der Waals surface area contributed by atoms with Crippen molar-refractivity contribution in [2.45, 2.75) is 26.2 Å². The minimum Gasteiger partial charge on any atom is -0.320 e. The summed E-state index contributed by atoms with van der Waals surface area (Å²) < 4.78 is 1.56. The van der Waals surface area contributed by atoms with Gasteiger partial charge in [0.1, 0.15) is 0 Å². The molecule has 1 aliphatic rings. The monoisotopic (exact) mass is 379 g/mol. The molecule has 2 aromatic carbocycles. The standard InChI is InChI=1S/C21H18ClN3O2/c1-13-11-19(26)20(24-25(13)18-9-6-16(22)7-10-18)21(27)23-17-8-5-14-3-2-4-15(14)12-17/h5-12H,2-4H2,1H3,(H,23,27). The fourth-order valence-electron chi connectivity index (χ4n) is 3.39. The second-order valence-electron chi connectivity index (χ2n) is 6.68. The van der Waals surface area contributed by atoms with Crippen molar-refractivity contribution >= 4 is 23.2 Å². The number of benzene rings is 2. The number of aromatic nitrogens is 2. The van der Waals surface area contributed by atoms with Crippen molar-refractivity contribution in [1.29, 1.82) is 0 Å². The van der Waals surface area contributed by atoms with E-state index in [0.717, 1.165) is 24.9 Å². The minimum absolute atomic E-state index is 0.143. The predicted octanol–water partition coefficient (Wildman–Crippen LogP) is 3.94. The molecule has 1 amide bonds. The maximum absolute atomic E-state index is 12.7. The first kappa shape index (κ1) is 17.5. The van der Waals surface area contributed by atoms with Gasteiger partial charge in [-0.2, -0.15) is 5.10 Å². The topological polar surface area (TPSA) is 64.0 Å². The predicted molar refractivity (Wildman–Crippen MR) is 106 cm³/mol. The second-order valence-corrected chi connectivity index (χ2v) is 7.11. The second kappa shape index (κ2) is 7.00. The Kier molecular flexibility index (Phi) is 4.54. The highest BCUT2D eigenvalue weighted by atomic mass is 35.5. The van der Waals surface area contributed by atoms with Crippen LogP contribution in [0.2, 0.25) is 5.02 Å². The largest absolute Gasteiger partial charge is 0.320 e. The van der Waals surface area contributed by atoms with Crippen molar-refractivity contribution in [2.75, 3.05) is 5.32 Å². The molecule has 0 saturated heterocycles. The minimum atomic E-state index is -0.513. The maximum Gasteiger partial charge on any atom is 0.280 e. The van der Waals surface area contributed by atoms with E-state index in [1.807, 2.05) is 18.2 Å². The average Bonchev–Trinajstić information content (AvgIpc) is 3.10. The van der Waals surface area contributed by atoms with E-state index in [1.165, 1.54) is 17.2 Å². The Morgan fingerprint density at radius 3 is 2.59 bits per heavy atom. The first-order valence-electron chi connectivity index (χ1n) is 8.81. The number of hydrogen-bond donors (Lipinski definition) is 1. The van der Waals surface area contributed by atoms with Crippen LogP contribution in [0.5, 0.6) is 0 Å². The summed E-state index contributed by atoms with van der Waals surface area (Å²) in [6.07, 6.45) is 3.23. The highest BCUT2D eigenvalue weighted by molar-refractivity contribution is 6.30. The molecule has 0 radical (unpaired) electrons. The Morgan fingerprint density at radius 2 is 1.81 bits per heavy atom. The van der Waals surface area contributed by atoms with Crippen LogP contribution < -0.4 is 10.7 Å². The molecule has 136 valence electrons. The SMILES string of the molecule is Cc1cc(=O)c(C(=O)Nc2ccc3c(c2)CCC3)nn1-c1ccc(Cl)cc1. The van der Waals surface area contributed by atoms with Gasteiger partial charge < -0.3 is 5.32 Å². The van der Waals surface area contributed by atoms with Gasteiger partial charge >= 0.3 is 0 Å². The van der Waals surface area contributed by atoms with Crippen LogP contribution in [0.25, 0.3) is 5.69 Å². The maximum atomic E-state index is 12.7. The summed E-state index contributed by atoms with van der Waals surface area (Å²) in [6, 6.07) is 14.3. The first-order valence-corrected chi connectivity index (χ1v) is 9.19. The summed E-state index contributed by atoms with van der Waals surface area (Å²) in [4.78, 5) is 25.0. The number of rotatable bonds is 3. The summed E-state index contributed by atoms with van der Waals surface area (Å²) in [5.41, 5.74) is 4.07. The van der Waals surface area contributed by atoms with Crippen molar-refractivity contribution in [3.63, 3.8) is 0 Å². The van der Waals surface area contributed by atoms with Gasteiger partial charge in [-0.1, -0.05) is 17.7 Å². The van der Waals surface area contributed by atoms with E-state index < -0.39 is 11.3 Å². The van der Waals surface area contributed by atoms with Crippen LogP contribution in [0.4, 0.5) is 5.69 Å². The third-order valence-electron chi connectivity index (χ3n) is 4.75. The fourth-order valence-corrected chi connectivity index (χ4v) is 3.51. The van der Waals surface area contributed by atoms with Gasteiger partial charge in [-0.25, -0.2) is 4.68 Å². The van der Waals surface area contributed by atoms with Crippen LogP contribution in [-0.4, -0.2) is 15.7 Å². The van der Waals surface area contributed by atoms with E-state index in [4.69, 9.17) is 11.6 Å². The summed E-state index contributed by atoms with van der Waals surface area (Å²) in [5, 5.41) is 7.69. The number of anilines is 1. The highest BCUT2D eigenvalue weighted by Gasteiger charge is 2.17. The lowest BCUT2D eigenvalue weighted by Gasteiger charge is -2.12. The lowest BCUT2D eigenvalue weighted by molar-refractivity contribution is 0.101. The number of amides is 1. The number of hydrogen-bond acceptors (Lipinski definition) is 3. The quantitative estimate of drug-likeness (QED) is 0.749. The molecule has 0 fully saturated rings. The van der Waals surface area contributed by atoms with Gasteiger partial charge in [0.15, 0.2) is 5.69 Å². The number of nitrogens with zero attached hydrogens (tertiary/aromatic N) is 2. The lowest BCUT2D eigenvalue weighted by Crippen LogP contribution is -2.26. The van der Waals surface area contributed by atoms with E-state index in [2.05, 4.69) is 10.4 Å². The number of nitrogens with one attached hydrogen (secondary N) is 1. The molecule has 0 unspecified atom stereocenters. The zero-order valence-corrected chi connectivity index (χ0v) is 15.6. The van der Waals surface area contributed by atoms with Crippen LogP contribution >= 0.6 is 11.6 Å². The molecule has 0 saturated carbocycles. The molecule has 0 bridgehead atoms. The summed E-state index contributed by atoms with van der Waals surface area (Å²) in [7, 11) is 0. The van der Waals surface area contributed by atoms with Crippen molar-refractivity contribution in [1.82, 2.24) is 9.78 Å². The zero-order chi connectivity index (χ0) is 19.0. The number of halogens is 1. The fraction of sp³-hybridized carbons (Fsp3) is 0.190. The smallest absolute Gasteiger partial charge is 0.280 e. The summed E-state index contributed by atoms with van der Waals surface area (Å²) in [6.45, 7) is 1.77. The normalized spacial score (nSPS) is 12.7. The van der Waals surface area contributed by atoms with E-state index in [0.29, 0.717) is 16.4 Å². The third-order valence-corrected chi connectivity index (χ3v) is 5.00. The highest BCUT2D eigenvalue weighted by Crippen LogP contribution is 2.25. The van der Waals surface area contributed by atoms with Crippen molar-refractivity contribution in [2.24, 2.45) is 0 Å². The number of carbonyl (C=O) groups excluding carboxylic acids is 1. The molecule has 0 aliphatic heterocycles. The van der Waals surface area contributed by atoms with Gasteiger partial charge in [-0.05, 0) is 73.7 Å². The first-order chi connectivity index (χ1) is 13.0. The van der Waals surface area contributed by atoms with E-state index in [1.54, 1.807) is 35.9 Å². The molecule has 1 heterocycles. The Morgan fingerprint density at radius 1 is 1.07 bits per heavy atom. The van der Waals surface area contributed by atoms with Crippen molar-refractivity contribution in [3.8, 4) is 5.69 Å². The van der Waals surface area contributed by atoms with Gasteiger partial charge in [-0.3, -0.25) is 9.59 Å². The zero-order valence-electron chi connectivity index (χ0n) is 14.8. The molecule has 0 atom stereocenters. The van der Waals surface area contributed by atoms with Crippen LogP contribution in [0.15, 0.2) is 53.3 Å². The average molecular weight is 380 g/mol. The van der Waals surface area contributed by atoms with Gasteiger partial charge in [0.05, 0.1) is 5.69 Å². The van der Waals surface area contributed by atoms with Gasteiger partial charge in [-0.15, -0.1) is 0 Å².